The standard InChI is InChI=1S/C12H15Cl2O4P/c1-3-16-19(15,17-4-2)18-8-7-10-5-6-11(13)9-12(10)14/h5-9H,3-4H2,1-2H3. The van der Waals surface area contributed by atoms with Crippen molar-refractivity contribution in [1.29, 1.82) is 0 Å². The van der Waals surface area contributed by atoms with Crippen LogP contribution < -0.4 is 0 Å². The summed E-state index contributed by atoms with van der Waals surface area (Å²) >= 11 is 11.8. The molecule has 1 rings (SSSR count). The molecule has 19 heavy (non-hydrogen) atoms. The van der Waals surface area contributed by atoms with E-state index in [-0.39, 0.29) is 13.2 Å². The maximum Gasteiger partial charge on any atom is 0.529 e. The summed E-state index contributed by atoms with van der Waals surface area (Å²) < 4.78 is 26.9. The molecule has 0 aliphatic heterocycles. The zero-order valence-electron chi connectivity index (χ0n) is 10.6. The van der Waals surface area contributed by atoms with Gasteiger partial charge >= 0.3 is 7.82 Å². The lowest BCUT2D eigenvalue weighted by atomic mass is 10.2. The Bertz CT molecular complexity index is 481. The van der Waals surface area contributed by atoms with Gasteiger partial charge in [0.1, 0.15) is 0 Å². The van der Waals surface area contributed by atoms with Crippen molar-refractivity contribution in [2.75, 3.05) is 13.2 Å². The first kappa shape index (κ1) is 16.5. The third-order valence-electron chi connectivity index (χ3n) is 1.97. The van der Waals surface area contributed by atoms with Crippen LogP contribution in [0.3, 0.4) is 0 Å². The summed E-state index contributed by atoms with van der Waals surface area (Å²) in [6, 6.07) is 5.02. The summed E-state index contributed by atoms with van der Waals surface area (Å²) in [7, 11) is -3.54. The van der Waals surface area contributed by atoms with Crippen LogP contribution in [0.15, 0.2) is 24.5 Å². The molecule has 0 amide bonds. The topological polar surface area (TPSA) is 44.8 Å². The van der Waals surface area contributed by atoms with Crippen LogP contribution >= 0.6 is 31.0 Å². The minimum Gasteiger partial charge on any atom is -0.412 e. The molecule has 0 radical (unpaired) electrons. The maximum atomic E-state index is 12.0. The first-order valence-corrected chi connectivity index (χ1v) is 7.91. The van der Waals surface area contributed by atoms with E-state index in [9.17, 15) is 4.57 Å². The van der Waals surface area contributed by atoms with Crippen LogP contribution in [-0.2, 0) is 18.1 Å². The lowest BCUT2D eigenvalue weighted by Crippen LogP contribution is -1.96. The molecule has 0 spiro atoms. The molecule has 0 unspecified atom stereocenters. The highest BCUT2D eigenvalue weighted by molar-refractivity contribution is 7.48. The van der Waals surface area contributed by atoms with Crippen LogP contribution in [0.25, 0.3) is 6.08 Å². The van der Waals surface area contributed by atoms with Gasteiger partial charge in [-0.05, 0) is 37.6 Å². The third kappa shape index (κ3) is 5.55. The summed E-state index contributed by atoms with van der Waals surface area (Å²) in [5.74, 6) is 0. The number of hydrogen-bond donors (Lipinski definition) is 0. The van der Waals surface area contributed by atoms with E-state index in [4.69, 9.17) is 36.8 Å². The Morgan fingerprint density at radius 3 is 2.37 bits per heavy atom. The monoisotopic (exact) mass is 324 g/mol. The summed E-state index contributed by atoms with van der Waals surface area (Å²) in [6.07, 6.45) is 2.80. The molecule has 4 nitrogen and oxygen atoms in total. The lowest BCUT2D eigenvalue weighted by molar-refractivity contribution is 0.154. The van der Waals surface area contributed by atoms with Crippen molar-refractivity contribution < 1.29 is 18.1 Å². The molecular formula is C12H15Cl2O4P. The summed E-state index contributed by atoms with van der Waals surface area (Å²) in [5.41, 5.74) is 0.686. The summed E-state index contributed by atoms with van der Waals surface area (Å²) in [5, 5.41) is 1.01. The number of hydrogen-bond acceptors (Lipinski definition) is 4. The molecule has 0 saturated heterocycles. The smallest absolute Gasteiger partial charge is 0.412 e. The molecule has 0 bridgehead atoms. The molecule has 1 aromatic rings. The molecule has 0 N–H and O–H groups in total. The predicted octanol–water partition coefficient (Wildman–Crippen LogP) is 5.16. The molecule has 1 aromatic carbocycles. The number of phosphoric acid groups is 1. The van der Waals surface area contributed by atoms with Gasteiger partial charge in [-0.1, -0.05) is 29.3 Å². The summed E-state index contributed by atoms with van der Waals surface area (Å²) in [6.45, 7) is 3.86. The highest BCUT2D eigenvalue weighted by Crippen LogP contribution is 2.49. The highest BCUT2D eigenvalue weighted by atomic mass is 35.5. The molecule has 0 heterocycles. The number of benzene rings is 1. The lowest BCUT2D eigenvalue weighted by Gasteiger charge is -2.14. The van der Waals surface area contributed by atoms with Crippen LogP contribution in [-0.4, -0.2) is 13.2 Å². The first-order valence-electron chi connectivity index (χ1n) is 5.70. The first-order chi connectivity index (χ1) is 9.00. The molecule has 106 valence electrons. The number of rotatable bonds is 7. The van der Waals surface area contributed by atoms with Crippen molar-refractivity contribution in [3.8, 4) is 0 Å². The fourth-order valence-corrected chi connectivity index (χ4v) is 2.74. The van der Waals surface area contributed by atoms with Crippen LogP contribution in [0.1, 0.15) is 19.4 Å². The Balaban J connectivity index is 2.73. The van der Waals surface area contributed by atoms with E-state index in [0.29, 0.717) is 15.6 Å². The van der Waals surface area contributed by atoms with Gasteiger partial charge < -0.3 is 4.52 Å². The van der Waals surface area contributed by atoms with Gasteiger partial charge in [0.2, 0.25) is 0 Å². The van der Waals surface area contributed by atoms with E-state index in [1.807, 2.05) is 0 Å². The van der Waals surface area contributed by atoms with Crippen LogP contribution in [0.5, 0.6) is 0 Å². The minimum absolute atomic E-state index is 0.229. The number of halogens is 2. The van der Waals surface area contributed by atoms with E-state index in [2.05, 4.69) is 0 Å². The maximum absolute atomic E-state index is 12.0. The minimum atomic E-state index is -3.54. The predicted molar refractivity (Wildman–Crippen MR) is 77.4 cm³/mol. The van der Waals surface area contributed by atoms with Crippen molar-refractivity contribution in [2.24, 2.45) is 0 Å². The second-order valence-corrected chi connectivity index (χ2v) is 5.82. The van der Waals surface area contributed by atoms with Crippen LogP contribution in [0, 0.1) is 0 Å². The molecule has 0 atom stereocenters. The SMILES string of the molecule is CCOP(=O)(OC=Cc1ccc(Cl)cc1Cl)OCC. The zero-order valence-corrected chi connectivity index (χ0v) is 13.0. The summed E-state index contributed by atoms with van der Waals surface area (Å²) in [4.78, 5) is 0. The molecular weight excluding hydrogens is 310 g/mol. The quantitative estimate of drug-likeness (QED) is 0.513. The second kappa shape index (κ2) is 7.93. The Morgan fingerprint density at radius 1 is 1.21 bits per heavy atom. The molecule has 0 aromatic heterocycles. The fraction of sp³-hybridized carbons (Fsp3) is 0.333. The van der Waals surface area contributed by atoms with E-state index in [0.717, 1.165) is 0 Å². The van der Waals surface area contributed by atoms with Gasteiger partial charge in [0.25, 0.3) is 0 Å². The molecule has 0 aliphatic carbocycles. The van der Waals surface area contributed by atoms with Gasteiger partial charge in [-0.25, -0.2) is 4.57 Å². The normalized spacial score (nSPS) is 12.0. The largest absolute Gasteiger partial charge is 0.529 e. The van der Waals surface area contributed by atoms with Crippen LogP contribution in [0.4, 0.5) is 0 Å². The third-order valence-corrected chi connectivity index (χ3v) is 4.07. The van der Waals surface area contributed by atoms with Crippen LogP contribution in [0.2, 0.25) is 10.0 Å². The Kier molecular flexibility index (Phi) is 6.90. The van der Waals surface area contributed by atoms with Gasteiger partial charge in [-0.3, -0.25) is 9.05 Å². The number of phosphoric ester groups is 1. The van der Waals surface area contributed by atoms with E-state index in [1.165, 1.54) is 6.26 Å². The molecule has 0 aliphatic rings. The molecule has 0 fully saturated rings. The Morgan fingerprint density at radius 2 is 1.84 bits per heavy atom. The average Bonchev–Trinajstić information content (AvgIpc) is 2.32. The fourth-order valence-electron chi connectivity index (χ4n) is 1.23. The van der Waals surface area contributed by atoms with E-state index < -0.39 is 7.82 Å². The van der Waals surface area contributed by atoms with E-state index >= 15 is 0 Å². The van der Waals surface area contributed by atoms with E-state index in [1.54, 1.807) is 38.1 Å². The molecule has 0 saturated carbocycles. The zero-order chi connectivity index (χ0) is 14.3. The van der Waals surface area contributed by atoms with Gasteiger partial charge in [-0.15, -0.1) is 0 Å². The van der Waals surface area contributed by atoms with Crippen molar-refractivity contribution >= 4 is 37.1 Å². The van der Waals surface area contributed by atoms with Crippen molar-refractivity contribution in [3.05, 3.63) is 40.1 Å². The van der Waals surface area contributed by atoms with Crippen molar-refractivity contribution in [3.63, 3.8) is 0 Å². The average molecular weight is 325 g/mol. The molecule has 7 heteroatoms. The van der Waals surface area contributed by atoms with Crippen molar-refractivity contribution in [2.45, 2.75) is 13.8 Å². The van der Waals surface area contributed by atoms with Gasteiger partial charge in [0.15, 0.2) is 0 Å². The Hall–Kier alpha value is -0.510. The van der Waals surface area contributed by atoms with Gasteiger partial charge in [0.05, 0.1) is 19.5 Å². The second-order valence-electron chi connectivity index (χ2n) is 3.36. The van der Waals surface area contributed by atoms with Gasteiger partial charge in [-0.2, -0.15) is 0 Å². The van der Waals surface area contributed by atoms with Gasteiger partial charge in [0, 0.05) is 10.0 Å². The van der Waals surface area contributed by atoms with Crippen molar-refractivity contribution in [1.82, 2.24) is 0 Å². The highest BCUT2D eigenvalue weighted by Gasteiger charge is 2.24. The Labute approximate surface area is 122 Å².